The van der Waals surface area contributed by atoms with E-state index in [-0.39, 0.29) is 5.78 Å². The summed E-state index contributed by atoms with van der Waals surface area (Å²) in [5.74, 6) is 0.579. The van der Waals surface area contributed by atoms with Crippen molar-refractivity contribution in [2.24, 2.45) is 5.92 Å². The summed E-state index contributed by atoms with van der Waals surface area (Å²) in [6, 6.07) is 10.2. The van der Waals surface area contributed by atoms with Crippen LogP contribution in [0.3, 0.4) is 0 Å². The van der Waals surface area contributed by atoms with Crippen LogP contribution in [0.2, 0.25) is 19.6 Å². The maximum Gasteiger partial charge on any atom is 0.185 e. The zero-order chi connectivity index (χ0) is 16.2. The van der Waals surface area contributed by atoms with Crippen molar-refractivity contribution in [2.75, 3.05) is 0 Å². The highest BCUT2D eigenvalue weighted by atomic mass is 28.4. The monoisotopic (exact) mass is 318 g/mol. The van der Waals surface area contributed by atoms with Gasteiger partial charge in [0.25, 0.3) is 0 Å². The van der Waals surface area contributed by atoms with Crippen LogP contribution >= 0.6 is 0 Å². The fraction of sp³-hybridized carbons (Fsp3) is 0.632. The standard InChI is InChI=1S/C19H30O2Si/c1-5-18(20)19(21-22(2,3)4,16-12-8-6-9-13-16)17-14-10-7-11-15-17/h6,8-9,12-13,17H,5,7,10-11,14-15H2,1-4H3/t19-/m1/s1. The predicted octanol–water partition coefficient (Wildman–Crippen LogP) is 5.29. The number of hydrogen-bond acceptors (Lipinski definition) is 2. The first-order valence-corrected chi connectivity index (χ1v) is 12.1. The molecule has 3 heteroatoms. The van der Waals surface area contributed by atoms with E-state index in [1.54, 1.807) is 0 Å². The summed E-state index contributed by atoms with van der Waals surface area (Å²) in [5.41, 5.74) is 0.345. The molecule has 0 amide bonds. The zero-order valence-corrected chi connectivity index (χ0v) is 15.5. The molecule has 22 heavy (non-hydrogen) atoms. The van der Waals surface area contributed by atoms with E-state index >= 15 is 0 Å². The van der Waals surface area contributed by atoms with Gasteiger partial charge in [0.1, 0.15) is 5.60 Å². The van der Waals surface area contributed by atoms with E-state index in [0.29, 0.717) is 12.3 Å². The summed E-state index contributed by atoms with van der Waals surface area (Å²) in [6.07, 6.45) is 6.46. The fourth-order valence-corrected chi connectivity index (χ4v) is 5.13. The molecule has 0 unspecified atom stereocenters. The van der Waals surface area contributed by atoms with Gasteiger partial charge in [-0.05, 0) is 44.0 Å². The molecule has 0 aromatic heterocycles. The summed E-state index contributed by atoms with van der Waals surface area (Å²) >= 11 is 0. The molecule has 1 saturated carbocycles. The largest absolute Gasteiger partial charge is 0.401 e. The van der Waals surface area contributed by atoms with Crippen LogP contribution in [0.15, 0.2) is 30.3 Å². The topological polar surface area (TPSA) is 26.3 Å². The van der Waals surface area contributed by atoms with E-state index in [9.17, 15) is 4.79 Å². The highest BCUT2D eigenvalue weighted by Gasteiger charge is 2.49. The number of carbonyl (C=O) groups is 1. The second-order valence-electron chi connectivity index (χ2n) is 7.43. The second kappa shape index (κ2) is 7.09. The van der Waals surface area contributed by atoms with Crippen LogP contribution in [0.25, 0.3) is 0 Å². The fourth-order valence-electron chi connectivity index (χ4n) is 3.76. The highest BCUT2D eigenvalue weighted by molar-refractivity contribution is 6.70. The Kier molecular flexibility index (Phi) is 5.62. The molecule has 1 aromatic rings. The van der Waals surface area contributed by atoms with Gasteiger partial charge in [-0.3, -0.25) is 4.79 Å². The molecule has 0 N–H and O–H groups in total. The lowest BCUT2D eigenvalue weighted by molar-refractivity contribution is -0.143. The van der Waals surface area contributed by atoms with Crippen LogP contribution in [-0.2, 0) is 14.8 Å². The van der Waals surface area contributed by atoms with Crippen LogP contribution < -0.4 is 0 Å². The van der Waals surface area contributed by atoms with Crippen LogP contribution in [-0.4, -0.2) is 14.1 Å². The van der Waals surface area contributed by atoms with Gasteiger partial charge in [-0.15, -0.1) is 0 Å². The predicted molar refractivity (Wildman–Crippen MR) is 94.4 cm³/mol. The Hall–Kier alpha value is -0.933. The third kappa shape index (κ3) is 3.69. The van der Waals surface area contributed by atoms with Gasteiger partial charge in [-0.25, -0.2) is 0 Å². The summed E-state index contributed by atoms with van der Waals surface area (Å²) in [5, 5.41) is 0. The van der Waals surface area contributed by atoms with E-state index in [1.807, 2.05) is 25.1 Å². The molecule has 1 aromatic carbocycles. The van der Waals surface area contributed by atoms with Crippen LogP contribution in [0.4, 0.5) is 0 Å². The average Bonchev–Trinajstić information content (AvgIpc) is 2.52. The molecule has 1 aliphatic rings. The molecule has 0 heterocycles. The maximum atomic E-state index is 13.1. The molecule has 1 atom stereocenters. The van der Waals surface area contributed by atoms with Crippen molar-refractivity contribution >= 4 is 14.1 Å². The van der Waals surface area contributed by atoms with Gasteiger partial charge >= 0.3 is 0 Å². The van der Waals surface area contributed by atoms with Crippen molar-refractivity contribution in [3.63, 3.8) is 0 Å². The molecule has 0 aliphatic heterocycles. The maximum absolute atomic E-state index is 13.1. The van der Waals surface area contributed by atoms with Gasteiger partial charge in [0.2, 0.25) is 0 Å². The molecule has 0 saturated heterocycles. The van der Waals surface area contributed by atoms with Gasteiger partial charge in [-0.2, -0.15) is 0 Å². The molecule has 2 rings (SSSR count). The smallest absolute Gasteiger partial charge is 0.185 e. The van der Waals surface area contributed by atoms with E-state index in [0.717, 1.165) is 18.4 Å². The van der Waals surface area contributed by atoms with Gasteiger partial charge in [0.15, 0.2) is 14.1 Å². The molecule has 122 valence electrons. The normalized spacial score (nSPS) is 19.6. The molecular formula is C19H30O2Si. The van der Waals surface area contributed by atoms with Crippen LogP contribution in [0.1, 0.15) is 51.0 Å². The molecule has 1 aliphatic carbocycles. The lowest BCUT2D eigenvalue weighted by atomic mass is 9.71. The molecule has 0 spiro atoms. The molecular weight excluding hydrogens is 288 g/mol. The van der Waals surface area contributed by atoms with E-state index in [4.69, 9.17) is 4.43 Å². The van der Waals surface area contributed by atoms with E-state index in [2.05, 4.69) is 31.8 Å². The van der Waals surface area contributed by atoms with E-state index < -0.39 is 13.9 Å². The van der Waals surface area contributed by atoms with Crippen molar-refractivity contribution in [1.82, 2.24) is 0 Å². The summed E-state index contributed by atoms with van der Waals surface area (Å²) < 4.78 is 6.69. The van der Waals surface area contributed by atoms with Gasteiger partial charge in [-0.1, -0.05) is 56.5 Å². The summed E-state index contributed by atoms with van der Waals surface area (Å²) in [4.78, 5) is 13.1. The Morgan fingerprint density at radius 2 is 1.73 bits per heavy atom. The number of benzene rings is 1. The molecule has 0 bridgehead atoms. The molecule has 2 nitrogen and oxygen atoms in total. The number of hydrogen-bond donors (Lipinski definition) is 0. The minimum Gasteiger partial charge on any atom is -0.401 e. The highest BCUT2D eigenvalue weighted by Crippen LogP contribution is 2.45. The molecule has 1 fully saturated rings. The van der Waals surface area contributed by atoms with E-state index in [1.165, 1.54) is 19.3 Å². The lowest BCUT2D eigenvalue weighted by Gasteiger charge is -2.45. The van der Waals surface area contributed by atoms with Crippen molar-refractivity contribution in [3.05, 3.63) is 35.9 Å². The third-order valence-electron chi connectivity index (χ3n) is 4.59. The first-order chi connectivity index (χ1) is 10.4. The number of rotatable bonds is 6. The van der Waals surface area contributed by atoms with Crippen molar-refractivity contribution in [1.29, 1.82) is 0 Å². The second-order valence-corrected chi connectivity index (χ2v) is 11.9. The SMILES string of the molecule is CCC(=O)[C@@](O[Si](C)(C)C)(c1ccccc1)C1CCCCC1. The van der Waals surface area contributed by atoms with Gasteiger partial charge in [0.05, 0.1) is 0 Å². The minimum atomic E-state index is -1.86. The summed E-state index contributed by atoms with van der Waals surface area (Å²) in [7, 11) is -1.86. The third-order valence-corrected chi connectivity index (χ3v) is 5.52. The summed E-state index contributed by atoms with van der Waals surface area (Å²) in [6.45, 7) is 8.54. The quantitative estimate of drug-likeness (QED) is 0.666. The lowest BCUT2D eigenvalue weighted by Crippen LogP contribution is -2.51. The van der Waals surface area contributed by atoms with Gasteiger partial charge in [0, 0.05) is 6.42 Å². The van der Waals surface area contributed by atoms with Crippen molar-refractivity contribution < 1.29 is 9.22 Å². The Bertz CT molecular complexity index is 486. The Labute approximate surface area is 136 Å². The van der Waals surface area contributed by atoms with Crippen LogP contribution in [0.5, 0.6) is 0 Å². The first-order valence-electron chi connectivity index (χ1n) is 8.69. The van der Waals surface area contributed by atoms with Crippen molar-refractivity contribution in [2.45, 2.75) is 70.7 Å². The number of carbonyl (C=O) groups excluding carboxylic acids is 1. The number of Topliss-reactive ketones (excluding diaryl/α,β-unsaturated/α-hetero) is 1. The van der Waals surface area contributed by atoms with Gasteiger partial charge < -0.3 is 4.43 Å². The average molecular weight is 319 g/mol. The van der Waals surface area contributed by atoms with Crippen molar-refractivity contribution in [3.8, 4) is 0 Å². The minimum absolute atomic E-state index is 0.257. The number of ketones is 1. The Morgan fingerprint density at radius 3 is 2.23 bits per heavy atom. The Balaban J connectivity index is 2.54. The Morgan fingerprint density at radius 1 is 1.14 bits per heavy atom. The molecule has 0 radical (unpaired) electrons. The van der Waals surface area contributed by atoms with Crippen LogP contribution in [0, 0.1) is 5.92 Å². The first kappa shape index (κ1) is 17.4. The zero-order valence-electron chi connectivity index (χ0n) is 14.5.